The first-order chi connectivity index (χ1) is 15.7. The van der Waals surface area contributed by atoms with Crippen LogP contribution in [0.1, 0.15) is 73.5 Å². The molecular formula is C32H39N. The number of para-hydroxylation sites is 1. The van der Waals surface area contributed by atoms with Crippen LogP contribution < -0.4 is 0 Å². The average molecular weight is 438 g/mol. The Hall–Kier alpha value is -2.93. The van der Waals surface area contributed by atoms with E-state index in [0.29, 0.717) is 0 Å². The second-order valence-corrected chi connectivity index (χ2v) is 9.99. The highest BCUT2D eigenvalue weighted by molar-refractivity contribution is 5.86. The van der Waals surface area contributed by atoms with E-state index in [1.807, 2.05) is 0 Å². The van der Waals surface area contributed by atoms with Gasteiger partial charge in [-0.15, -0.1) is 6.58 Å². The third-order valence-electron chi connectivity index (χ3n) is 6.55. The summed E-state index contributed by atoms with van der Waals surface area (Å²) in [6.07, 6.45) is 12.0. The largest absolute Gasteiger partial charge is 0.252 e. The number of hydrogen-bond acceptors (Lipinski definition) is 1. The Morgan fingerprint density at radius 3 is 2.39 bits per heavy atom. The smallest absolute Gasteiger partial charge is 0.0705 e. The summed E-state index contributed by atoms with van der Waals surface area (Å²) in [5.74, 6) is 0. The van der Waals surface area contributed by atoms with E-state index in [0.717, 1.165) is 36.0 Å². The van der Waals surface area contributed by atoms with Gasteiger partial charge in [0.1, 0.15) is 0 Å². The van der Waals surface area contributed by atoms with E-state index in [-0.39, 0.29) is 5.41 Å². The Morgan fingerprint density at radius 1 is 1.03 bits per heavy atom. The molecule has 0 amide bonds. The van der Waals surface area contributed by atoms with E-state index in [1.54, 1.807) is 0 Å². The minimum absolute atomic E-state index is 0.0957. The van der Waals surface area contributed by atoms with E-state index >= 15 is 0 Å². The Kier molecular flexibility index (Phi) is 8.08. The number of pyridine rings is 1. The Bertz CT molecular complexity index is 1150. The first-order valence-corrected chi connectivity index (χ1v) is 12.2. The van der Waals surface area contributed by atoms with Crippen LogP contribution in [0.15, 0.2) is 67.8 Å². The van der Waals surface area contributed by atoms with Gasteiger partial charge in [0.15, 0.2) is 0 Å². The predicted octanol–water partition coefficient (Wildman–Crippen LogP) is 9.07. The fraction of sp³-hybridized carbons (Fsp3) is 0.344. The second-order valence-electron chi connectivity index (χ2n) is 9.99. The molecule has 0 unspecified atom stereocenters. The quantitative estimate of drug-likeness (QED) is 0.175. The molecule has 0 fully saturated rings. The SMILES string of the molecule is C=CC(C)(C)Cc1c(C)cc(/C=C/C(=C)c2cc3ccccc3nc2CCCCC)cc1C. The molecule has 3 rings (SSSR count). The highest BCUT2D eigenvalue weighted by atomic mass is 14.7. The molecule has 1 aromatic heterocycles. The van der Waals surface area contributed by atoms with Crippen LogP contribution in [0.3, 0.4) is 0 Å². The van der Waals surface area contributed by atoms with Crippen molar-refractivity contribution in [1.82, 2.24) is 4.98 Å². The number of allylic oxidation sites excluding steroid dienone is 3. The zero-order chi connectivity index (χ0) is 24.0. The molecule has 1 heteroatoms. The first kappa shape index (κ1) is 24.7. The van der Waals surface area contributed by atoms with Crippen molar-refractivity contribution >= 4 is 22.6 Å². The molecule has 172 valence electrons. The second kappa shape index (κ2) is 10.8. The van der Waals surface area contributed by atoms with Crippen LogP contribution in [0.5, 0.6) is 0 Å². The van der Waals surface area contributed by atoms with E-state index in [4.69, 9.17) is 4.98 Å². The molecule has 2 aromatic carbocycles. The van der Waals surface area contributed by atoms with E-state index in [2.05, 4.69) is 108 Å². The standard InChI is InChI=1S/C32H39N/c1-8-10-11-16-31-28(21-27-14-12-13-15-30(27)33-31)23(3)17-18-26-19-24(4)29(25(5)20-26)22-32(6,7)9-2/h9,12-15,17-21H,2-3,8,10-11,16,22H2,1,4-7H3/b18-17+. The summed E-state index contributed by atoms with van der Waals surface area (Å²) in [6.45, 7) is 19.6. The summed E-state index contributed by atoms with van der Waals surface area (Å²) in [7, 11) is 0. The van der Waals surface area contributed by atoms with Gasteiger partial charge in [-0.2, -0.15) is 0 Å². The Balaban J connectivity index is 1.89. The number of aryl methyl sites for hydroxylation is 3. The number of fused-ring (bicyclic) bond motifs is 1. The minimum atomic E-state index is 0.0957. The summed E-state index contributed by atoms with van der Waals surface area (Å²) >= 11 is 0. The maximum atomic E-state index is 5.00. The van der Waals surface area contributed by atoms with Crippen LogP contribution in [0, 0.1) is 19.3 Å². The Morgan fingerprint density at radius 2 is 1.73 bits per heavy atom. The number of hydrogen-bond donors (Lipinski definition) is 0. The van der Waals surface area contributed by atoms with E-state index in [1.165, 1.54) is 46.0 Å². The third kappa shape index (κ3) is 6.32. The molecule has 0 saturated carbocycles. The van der Waals surface area contributed by atoms with Crippen LogP contribution in [0.25, 0.3) is 22.6 Å². The third-order valence-corrected chi connectivity index (χ3v) is 6.55. The fourth-order valence-electron chi connectivity index (χ4n) is 4.38. The van der Waals surface area contributed by atoms with Crippen molar-refractivity contribution in [3.8, 4) is 0 Å². The van der Waals surface area contributed by atoms with E-state index in [9.17, 15) is 0 Å². The molecule has 0 aliphatic carbocycles. The van der Waals surface area contributed by atoms with E-state index < -0.39 is 0 Å². The van der Waals surface area contributed by atoms with Crippen LogP contribution in [0.4, 0.5) is 0 Å². The van der Waals surface area contributed by atoms with Gasteiger partial charge in [0.25, 0.3) is 0 Å². The molecule has 0 saturated heterocycles. The van der Waals surface area contributed by atoms with Gasteiger partial charge in [0.2, 0.25) is 0 Å². The number of benzene rings is 2. The highest BCUT2D eigenvalue weighted by Gasteiger charge is 2.17. The topological polar surface area (TPSA) is 12.9 Å². The summed E-state index contributed by atoms with van der Waals surface area (Å²) in [5, 5.41) is 1.17. The lowest BCUT2D eigenvalue weighted by Gasteiger charge is -2.23. The fourth-order valence-corrected chi connectivity index (χ4v) is 4.38. The van der Waals surface area contributed by atoms with Crippen LogP contribution in [0.2, 0.25) is 0 Å². The van der Waals surface area contributed by atoms with Crippen molar-refractivity contribution in [3.63, 3.8) is 0 Å². The number of unbranched alkanes of at least 4 members (excludes halogenated alkanes) is 2. The molecule has 0 radical (unpaired) electrons. The summed E-state index contributed by atoms with van der Waals surface area (Å²) < 4.78 is 0. The van der Waals surface area contributed by atoms with Crippen molar-refractivity contribution in [2.75, 3.05) is 0 Å². The van der Waals surface area contributed by atoms with Gasteiger partial charge < -0.3 is 0 Å². The number of nitrogens with zero attached hydrogens (tertiary/aromatic N) is 1. The van der Waals surface area contributed by atoms with Gasteiger partial charge in [0, 0.05) is 16.6 Å². The molecule has 0 aliphatic rings. The van der Waals surface area contributed by atoms with Crippen molar-refractivity contribution in [2.24, 2.45) is 5.41 Å². The molecule has 3 aromatic rings. The molecule has 0 N–H and O–H groups in total. The molecule has 0 spiro atoms. The minimum Gasteiger partial charge on any atom is -0.252 e. The summed E-state index contributed by atoms with van der Waals surface area (Å²) in [4.78, 5) is 5.00. The van der Waals surface area contributed by atoms with Gasteiger partial charge in [-0.3, -0.25) is 4.98 Å². The maximum absolute atomic E-state index is 5.00. The van der Waals surface area contributed by atoms with Gasteiger partial charge in [-0.1, -0.05) is 88.8 Å². The zero-order valence-corrected chi connectivity index (χ0v) is 21.2. The molecule has 0 bridgehead atoms. The molecule has 1 heterocycles. The highest BCUT2D eigenvalue weighted by Crippen LogP contribution is 2.29. The molecule has 33 heavy (non-hydrogen) atoms. The number of aromatic nitrogens is 1. The predicted molar refractivity (Wildman–Crippen MR) is 147 cm³/mol. The first-order valence-electron chi connectivity index (χ1n) is 12.2. The van der Waals surface area contributed by atoms with Crippen LogP contribution in [-0.2, 0) is 12.8 Å². The van der Waals surface area contributed by atoms with Crippen molar-refractivity contribution < 1.29 is 0 Å². The molecule has 0 aliphatic heterocycles. The number of rotatable bonds is 10. The van der Waals surface area contributed by atoms with Gasteiger partial charge >= 0.3 is 0 Å². The molecule has 1 nitrogen and oxygen atoms in total. The lowest BCUT2D eigenvalue weighted by Crippen LogP contribution is -2.13. The van der Waals surface area contributed by atoms with Crippen molar-refractivity contribution in [2.45, 2.75) is 66.7 Å². The van der Waals surface area contributed by atoms with Crippen LogP contribution >= 0.6 is 0 Å². The Labute approximate surface area is 201 Å². The lowest BCUT2D eigenvalue weighted by atomic mass is 9.82. The normalized spacial score (nSPS) is 11.9. The lowest BCUT2D eigenvalue weighted by molar-refractivity contribution is 0.476. The molecule has 0 atom stereocenters. The zero-order valence-electron chi connectivity index (χ0n) is 21.2. The van der Waals surface area contributed by atoms with Gasteiger partial charge in [-0.05, 0) is 78.5 Å². The summed E-state index contributed by atoms with van der Waals surface area (Å²) in [5.41, 5.74) is 9.81. The van der Waals surface area contributed by atoms with Crippen molar-refractivity contribution in [3.05, 3.63) is 101 Å². The maximum Gasteiger partial charge on any atom is 0.0705 e. The summed E-state index contributed by atoms with van der Waals surface area (Å²) in [6, 6.07) is 15.2. The van der Waals surface area contributed by atoms with Gasteiger partial charge in [0.05, 0.1) is 5.52 Å². The van der Waals surface area contributed by atoms with Crippen molar-refractivity contribution in [1.29, 1.82) is 0 Å². The average Bonchev–Trinajstić information content (AvgIpc) is 2.79. The van der Waals surface area contributed by atoms with Crippen LogP contribution in [-0.4, -0.2) is 4.98 Å². The van der Waals surface area contributed by atoms with Gasteiger partial charge in [-0.25, -0.2) is 0 Å². The molecular weight excluding hydrogens is 398 g/mol. The monoisotopic (exact) mass is 437 g/mol.